The average Bonchev–Trinajstić information content (AvgIpc) is 2.82. The maximum atomic E-state index is 11.6. The molecule has 0 atom stereocenters. The van der Waals surface area contributed by atoms with E-state index < -0.39 is 0 Å². The molecular formula is C27H54O6. The van der Waals surface area contributed by atoms with Gasteiger partial charge in [-0.15, -0.1) is 0 Å². The lowest BCUT2D eigenvalue weighted by Crippen LogP contribution is -2.12. The summed E-state index contributed by atoms with van der Waals surface area (Å²) in [6, 6.07) is 0. The normalized spacial score (nSPS) is 11.2. The monoisotopic (exact) mass is 474 g/mol. The highest BCUT2D eigenvalue weighted by Gasteiger charge is 2.02. The Morgan fingerprint density at radius 2 is 0.788 bits per heavy atom. The minimum atomic E-state index is -0.119. The van der Waals surface area contributed by atoms with Crippen LogP contribution in [0.4, 0.5) is 0 Å². The van der Waals surface area contributed by atoms with Gasteiger partial charge in [0.25, 0.3) is 0 Å². The Morgan fingerprint density at radius 3 is 1.27 bits per heavy atom. The lowest BCUT2D eigenvalue weighted by Gasteiger charge is -2.08. The van der Waals surface area contributed by atoms with Gasteiger partial charge < -0.3 is 23.7 Å². The SMILES string of the molecule is CCCCCCCCCOCCOCCOCCOCCCC(=O)OCCCCCCCC. The van der Waals surface area contributed by atoms with Gasteiger partial charge in [0.2, 0.25) is 0 Å². The van der Waals surface area contributed by atoms with Crippen LogP contribution in [0.25, 0.3) is 0 Å². The average molecular weight is 475 g/mol. The number of carbonyl (C=O) groups is 1. The molecule has 0 aromatic heterocycles. The number of rotatable bonds is 28. The number of unbranched alkanes of at least 4 members (excludes halogenated alkanes) is 11. The molecule has 6 nitrogen and oxygen atoms in total. The molecular weight excluding hydrogens is 420 g/mol. The zero-order valence-electron chi connectivity index (χ0n) is 21.9. The summed E-state index contributed by atoms with van der Waals surface area (Å²) in [5, 5.41) is 0. The van der Waals surface area contributed by atoms with Crippen LogP contribution in [0.2, 0.25) is 0 Å². The third-order valence-electron chi connectivity index (χ3n) is 5.44. The summed E-state index contributed by atoms with van der Waals surface area (Å²) in [5.41, 5.74) is 0. The molecule has 0 aliphatic heterocycles. The van der Waals surface area contributed by atoms with Gasteiger partial charge in [0.1, 0.15) is 0 Å². The maximum absolute atomic E-state index is 11.6. The van der Waals surface area contributed by atoms with Crippen LogP contribution in [0.5, 0.6) is 0 Å². The largest absolute Gasteiger partial charge is 0.466 e. The van der Waals surface area contributed by atoms with E-state index in [9.17, 15) is 4.79 Å². The molecule has 0 saturated heterocycles. The third kappa shape index (κ3) is 29.3. The Labute approximate surface area is 204 Å². The predicted molar refractivity (Wildman–Crippen MR) is 135 cm³/mol. The smallest absolute Gasteiger partial charge is 0.305 e. The first-order valence-electron chi connectivity index (χ1n) is 13.8. The fourth-order valence-corrected chi connectivity index (χ4v) is 3.38. The Bertz CT molecular complexity index is 378. The zero-order chi connectivity index (χ0) is 24.1. The first kappa shape index (κ1) is 32.3. The molecule has 0 unspecified atom stereocenters. The molecule has 0 aromatic rings. The molecule has 0 heterocycles. The van der Waals surface area contributed by atoms with E-state index in [0.29, 0.717) is 65.7 Å². The molecule has 0 spiro atoms. The van der Waals surface area contributed by atoms with Crippen LogP contribution in [-0.4, -0.2) is 65.4 Å². The standard InChI is InChI=1S/C27H54O6/c1-3-5-7-9-11-12-14-18-29-21-23-31-25-26-32-24-22-30-19-16-17-27(28)33-20-15-13-10-8-6-4-2/h3-26H2,1-2H3. The van der Waals surface area contributed by atoms with Gasteiger partial charge in [-0.25, -0.2) is 0 Å². The van der Waals surface area contributed by atoms with Crippen molar-refractivity contribution in [2.45, 2.75) is 110 Å². The van der Waals surface area contributed by atoms with Crippen LogP contribution in [0, 0.1) is 0 Å². The van der Waals surface area contributed by atoms with E-state index in [2.05, 4.69) is 13.8 Å². The molecule has 0 fully saturated rings. The first-order valence-corrected chi connectivity index (χ1v) is 13.8. The Morgan fingerprint density at radius 1 is 0.424 bits per heavy atom. The molecule has 6 heteroatoms. The number of hydrogen-bond donors (Lipinski definition) is 0. The molecule has 0 amide bonds. The van der Waals surface area contributed by atoms with Crippen molar-refractivity contribution in [3.63, 3.8) is 0 Å². The van der Waals surface area contributed by atoms with Crippen molar-refractivity contribution < 1.29 is 28.5 Å². The maximum Gasteiger partial charge on any atom is 0.305 e. The second-order valence-corrected chi connectivity index (χ2v) is 8.66. The molecule has 0 radical (unpaired) electrons. The summed E-state index contributed by atoms with van der Waals surface area (Å²) in [7, 11) is 0. The topological polar surface area (TPSA) is 63.2 Å². The van der Waals surface area contributed by atoms with Crippen molar-refractivity contribution >= 4 is 5.97 Å². The minimum absolute atomic E-state index is 0.119. The van der Waals surface area contributed by atoms with Crippen molar-refractivity contribution in [2.75, 3.05) is 59.5 Å². The summed E-state index contributed by atoms with van der Waals surface area (Å²) in [4.78, 5) is 11.6. The highest BCUT2D eigenvalue weighted by Crippen LogP contribution is 2.07. The van der Waals surface area contributed by atoms with Gasteiger partial charge in [0, 0.05) is 19.6 Å². The van der Waals surface area contributed by atoms with Crippen molar-refractivity contribution in [3.8, 4) is 0 Å². The zero-order valence-corrected chi connectivity index (χ0v) is 21.9. The molecule has 33 heavy (non-hydrogen) atoms. The Balaban J connectivity index is 3.10. The van der Waals surface area contributed by atoms with Crippen molar-refractivity contribution in [3.05, 3.63) is 0 Å². The van der Waals surface area contributed by atoms with E-state index in [-0.39, 0.29) is 5.97 Å². The van der Waals surface area contributed by atoms with Gasteiger partial charge in [-0.3, -0.25) is 4.79 Å². The number of carbonyl (C=O) groups excluding carboxylic acids is 1. The van der Waals surface area contributed by atoms with Gasteiger partial charge in [-0.05, 0) is 19.3 Å². The summed E-state index contributed by atoms with van der Waals surface area (Å²) < 4.78 is 27.3. The predicted octanol–water partition coefficient (Wildman–Crippen LogP) is 6.49. The second kappa shape index (κ2) is 29.3. The van der Waals surface area contributed by atoms with Crippen LogP contribution in [0.1, 0.15) is 110 Å². The van der Waals surface area contributed by atoms with Gasteiger partial charge in [0.15, 0.2) is 0 Å². The summed E-state index contributed by atoms with van der Waals surface area (Å²) in [6.45, 7) is 9.89. The summed E-state index contributed by atoms with van der Waals surface area (Å²) in [5.74, 6) is -0.119. The fourth-order valence-electron chi connectivity index (χ4n) is 3.38. The van der Waals surface area contributed by atoms with E-state index >= 15 is 0 Å². The minimum Gasteiger partial charge on any atom is -0.466 e. The van der Waals surface area contributed by atoms with Crippen molar-refractivity contribution in [1.29, 1.82) is 0 Å². The van der Waals surface area contributed by atoms with E-state index in [0.717, 1.165) is 25.9 Å². The Kier molecular flexibility index (Phi) is 28.7. The molecule has 0 aromatic carbocycles. The lowest BCUT2D eigenvalue weighted by atomic mass is 10.1. The van der Waals surface area contributed by atoms with E-state index in [1.54, 1.807) is 0 Å². The third-order valence-corrected chi connectivity index (χ3v) is 5.44. The fraction of sp³-hybridized carbons (Fsp3) is 0.963. The molecule has 0 bridgehead atoms. The summed E-state index contributed by atoms with van der Waals surface area (Å²) >= 11 is 0. The molecule has 0 aliphatic rings. The van der Waals surface area contributed by atoms with Crippen LogP contribution in [0.3, 0.4) is 0 Å². The van der Waals surface area contributed by atoms with Crippen LogP contribution < -0.4 is 0 Å². The first-order chi connectivity index (χ1) is 16.3. The van der Waals surface area contributed by atoms with Crippen molar-refractivity contribution in [1.82, 2.24) is 0 Å². The highest BCUT2D eigenvalue weighted by molar-refractivity contribution is 5.69. The number of hydrogen-bond acceptors (Lipinski definition) is 6. The quantitative estimate of drug-likeness (QED) is 0.0954. The second-order valence-electron chi connectivity index (χ2n) is 8.66. The highest BCUT2D eigenvalue weighted by atomic mass is 16.6. The van der Waals surface area contributed by atoms with Crippen LogP contribution >= 0.6 is 0 Å². The molecule has 0 aliphatic carbocycles. The molecule has 0 saturated carbocycles. The molecule has 198 valence electrons. The number of ether oxygens (including phenoxy) is 5. The molecule has 0 rings (SSSR count). The number of esters is 1. The van der Waals surface area contributed by atoms with E-state index in [4.69, 9.17) is 23.7 Å². The van der Waals surface area contributed by atoms with E-state index in [1.165, 1.54) is 64.2 Å². The van der Waals surface area contributed by atoms with Gasteiger partial charge in [0.05, 0.1) is 46.2 Å². The van der Waals surface area contributed by atoms with Gasteiger partial charge in [-0.1, -0.05) is 84.5 Å². The van der Waals surface area contributed by atoms with E-state index in [1.807, 2.05) is 0 Å². The van der Waals surface area contributed by atoms with Gasteiger partial charge >= 0.3 is 5.97 Å². The van der Waals surface area contributed by atoms with Crippen LogP contribution in [-0.2, 0) is 28.5 Å². The van der Waals surface area contributed by atoms with Crippen molar-refractivity contribution in [2.24, 2.45) is 0 Å². The molecule has 0 N–H and O–H groups in total. The summed E-state index contributed by atoms with van der Waals surface area (Å²) in [6.07, 6.45) is 17.4. The van der Waals surface area contributed by atoms with Crippen LogP contribution in [0.15, 0.2) is 0 Å². The Hall–Kier alpha value is -0.690. The lowest BCUT2D eigenvalue weighted by molar-refractivity contribution is -0.144. The van der Waals surface area contributed by atoms with Gasteiger partial charge in [-0.2, -0.15) is 0 Å².